The monoisotopic (exact) mass is 222 g/mol. The molecule has 0 bridgehead atoms. The zero-order chi connectivity index (χ0) is 11.2. The molecular formula is C14H26N2. The molecule has 0 aromatic carbocycles. The number of nitrogens with zero attached hydrogens (tertiary/aromatic N) is 1. The predicted molar refractivity (Wildman–Crippen MR) is 67.5 cm³/mol. The normalized spacial score (nSPS) is 39.4. The third-order valence-corrected chi connectivity index (χ3v) is 4.90. The van der Waals surface area contributed by atoms with E-state index in [1.165, 1.54) is 51.9 Å². The Morgan fingerprint density at radius 3 is 2.69 bits per heavy atom. The Balaban J connectivity index is 1.53. The first-order valence-electron chi connectivity index (χ1n) is 7.11. The highest BCUT2D eigenvalue weighted by Gasteiger charge is 2.46. The lowest BCUT2D eigenvalue weighted by atomic mass is 10.1. The number of hydrogen-bond donors (Lipinski definition) is 1. The molecule has 1 heterocycles. The Kier molecular flexibility index (Phi) is 2.75. The van der Waals surface area contributed by atoms with Gasteiger partial charge in [0.1, 0.15) is 0 Å². The molecule has 2 atom stereocenters. The van der Waals surface area contributed by atoms with Crippen LogP contribution in [0.5, 0.6) is 0 Å². The Morgan fingerprint density at radius 2 is 2.06 bits per heavy atom. The molecule has 0 aromatic heterocycles. The Bertz CT molecular complexity index is 257. The van der Waals surface area contributed by atoms with Gasteiger partial charge in [-0.1, -0.05) is 13.8 Å². The maximum atomic E-state index is 3.75. The summed E-state index contributed by atoms with van der Waals surface area (Å²) in [7, 11) is 0. The van der Waals surface area contributed by atoms with E-state index in [9.17, 15) is 0 Å². The van der Waals surface area contributed by atoms with Crippen LogP contribution in [0.2, 0.25) is 0 Å². The number of rotatable bonds is 3. The minimum atomic E-state index is 0.648. The first-order chi connectivity index (χ1) is 7.65. The van der Waals surface area contributed by atoms with E-state index in [1.807, 2.05) is 0 Å². The summed E-state index contributed by atoms with van der Waals surface area (Å²) in [6, 6.07) is 0.810. The van der Waals surface area contributed by atoms with Crippen molar-refractivity contribution in [2.45, 2.75) is 45.6 Å². The standard InChI is InChI=1S/C14H26N2/c1-14(2)8-12(14)9-16-7-3-6-15-13(10-16)11-4-5-11/h11-13,15H,3-10H2,1-2H3. The lowest BCUT2D eigenvalue weighted by Crippen LogP contribution is -2.40. The highest BCUT2D eigenvalue weighted by atomic mass is 15.2. The fourth-order valence-corrected chi connectivity index (χ4v) is 3.20. The fraction of sp³-hybridized carbons (Fsp3) is 1.00. The van der Waals surface area contributed by atoms with Crippen LogP contribution in [-0.4, -0.2) is 37.1 Å². The molecule has 2 aliphatic carbocycles. The van der Waals surface area contributed by atoms with Crippen LogP contribution >= 0.6 is 0 Å². The topological polar surface area (TPSA) is 15.3 Å². The maximum absolute atomic E-state index is 3.75. The van der Waals surface area contributed by atoms with Crippen LogP contribution in [0.3, 0.4) is 0 Å². The lowest BCUT2D eigenvalue weighted by molar-refractivity contribution is 0.238. The van der Waals surface area contributed by atoms with Crippen molar-refractivity contribution in [2.24, 2.45) is 17.3 Å². The summed E-state index contributed by atoms with van der Waals surface area (Å²) >= 11 is 0. The van der Waals surface area contributed by atoms with Gasteiger partial charge in [0.25, 0.3) is 0 Å². The second kappa shape index (κ2) is 3.99. The molecule has 1 N–H and O–H groups in total. The molecule has 3 rings (SSSR count). The molecule has 2 nitrogen and oxygen atoms in total. The first kappa shape index (κ1) is 11.0. The third kappa shape index (κ3) is 2.43. The molecule has 0 radical (unpaired) electrons. The van der Waals surface area contributed by atoms with Crippen molar-refractivity contribution in [1.82, 2.24) is 10.2 Å². The molecule has 0 amide bonds. The average molecular weight is 222 g/mol. The van der Waals surface area contributed by atoms with Crippen LogP contribution in [-0.2, 0) is 0 Å². The summed E-state index contributed by atoms with van der Waals surface area (Å²) in [6.07, 6.45) is 5.74. The predicted octanol–water partition coefficient (Wildman–Crippen LogP) is 2.11. The minimum Gasteiger partial charge on any atom is -0.312 e. The van der Waals surface area contributed by atoms with Crippen molar-refractivity contribution in [3.8, 4) is 0 Å². The number of nitrogens with one attached hydrogen (secondary N) is 1. The summed E-state index contributed by atoms with van der Waals surface area (Å²) in [5.41, 5.74) is 0.648. The summed E-state index contributed by atoms with van der Waals surface area (Å²) in [4.78, 5) is 2.74. The quantitative estimate of drug-likeness (QED) is 0.787. The van der Waals surface area contributed by atoms with Gasteiger partial charge in [0, 0.05) is 19.1 Å². The summed E-state index contributed by atoms with van der Waals surface area (Å²) in [5.74, 6) is 1.98. The maximum Gasteiger partial charge on any atom is 0.0223 e. The van der Waals surface area contributed by atoms with Crippen LogP contribution in [0.4, 0.5) is 0 Å². The second-order valence-electron chi connectivity index (χ2n) is 6.90. The molecule has 16 heavy (non-hydrogen) atoms. The van der Waals surface area contributed by atoms with Gasteiger partial charge in [0.15, 0.2) is 0 Å². The Morgan fingerprint density at radius 1 is 1.31 bits per heavy atom. The summed E-state index contributed by atoms with van der Waals surface area (Å²) < 4.78 is 0. The Hall–Kier alpha value is -0.0800. The first-order valence-corrected chi connectivity index (χ1v) is 7.11. The fourth-order valence-electron chi connectivity index (χ4n) is 3.20. The van der Waals surface area contributed by atoms with Crippen LogP contribution in [0.15, 0.2) is 0 Å². The molecule has 0 spiro atoms. The Labute approximate surface area is 99.8 Å². The third-order valence-electron chi connectivity index (χ3n) is 4.90. The van der Waals surface area contributed by atoms with E-state index < -0.39 is 0 Å². The van der Waals surface area contributed by atoms with Gasteiger partial charge in [-0.15, -0.1) is 0 Å². The van der Waals surface area contributed by atoms with E-state index in [0.29, 0.717) is 5.41 Å². The van der Waals surface area contributed by atoms with Gasteiger partial charge in [0.2, 0.25) is 0 Å². The van der Waals surface area contributed by atoms with Crippen molar-refractivity contribution < 1.29 is 0 Å². The lowest BCUT2D eigenvalue weighted by Gasteiger charge is -2.24. The molecule has 2 saturated carbocycles. The largest absolute Gasteiger partial charge is 0.312 e. The SMILES string of the molecule is CC1(C)CC1CN1CCCNC(C2CC2)C1. The van der Waals surface area contributed by atoms with Gasteiger partial charge in [-0.2, -0.15) is 0 Å². The van der Waals surface area contributed by atoms with Crippen molar-refractivity contribution in [2.75, 3.05) is 26.2 Å². The van der Waals surface area contributed by atoms with Gasteiger partial charge < -0.3 is 10.2 Å². The molecule has 2 unspecified atom stereocenters. The molecular weight excluding hydrogens is 196 g/mol. The molecule has 92 valence electrons. The highest BCUT2D eigenvalue weighted by Crippen LogP contribution is 2.51. The zero-order valence-electron chi connectivity index (χ0n) is 10.8. The average Bonchev–Trinajstić information content (AvgIpc) is 3.08. The van der Waals surface area contributed by atoms with Gasteiger partial charge in [-0.05, 0) is 56.0 Å². The van der Waals surface area contributed by atoms with Crippen LogP contribution in [0.1, 0.15) is 39.5 Å². The molecule has 3 aliphatic rings. The van der Waals surface area contributed by atoms with Crippen LogP contribution in [0.25, 0.3) is 0 Å². The van der Waals surface area contributed by atoms with Gasteiger partial charge in [-0.3, -0.25) is 0 Å². The van der Waals surface area contributed by atoms with Crippen molar-refractivity contribution in [3.05, 3.63) is 0 Å². The van der Waals surface area contributed by atoms with Crippen molar-refractivity contribution >= 4 is 0 Å². The number of hydrogen-bond acceptors (Lipinski definition) is 2. The van der Waals surface area contributed by atoms with Crippen molar-refractivity contribution in [3.63, 3.8) is 0 Å². The van der Waals surface area contributed by atoms with E-state index in [-0.39, 0.29) is 0 Å². The highest BCUT2D eigenvalue weighted by molar-refractivity contribution is 4.98. The zero-order valence-corrected chi connectivity index (χ0v) is 10.8. The van der Waals surface area contributed by atoms with E-state index in [4.69, 9.17) is 0 Å². The van der Waals surface area contributed by atoms with E-state index in [1.54, 1.807) is 0 Å². The summed E-state index contributed by atoms with van der Waals surface area (Å²) in [5, 5.41) is 3.75. The van der Waals surface area contributed by atoms with Crippen LogP contribution < -0.4 is 5.32 Å². The second-order valence-corrected chi connectivity index (χ2v) is 6.90. The molecule has 1 saturated heterocycles. The van der Waals surface area contributed by atoms with E-state index >= 15 is 0 Å². The molecule has 1 aliphatic heterocycles. The smallest absolute Gasteiger partial charge is 0.0223 e. The van der Waals surface area contributed by atoms with E-state index in [2.05, 4.69) is 24.1 Å². The van der Waals surface area contributed by atoms with Crippen molar-refractivity contribution in [1.29, 1.82) is 0 Å². The van der Waals surface area contributed by atoms with E-state index in [0.717, 1.165) is 17.9 Å². The van der Waals surface area contributed by atoms with Gasteiger partial charge in [0.05, 0.1) is 0 Å². The van der Waals surface area contributed by atoms with Gasteiger partial charge in [-0.25, -0.2) is 0 Å². The van der Waals surface area contributed by atoms with Gasteiger partial charge >= 0.3 is 0 Å². The summed E-state index contributed by atoms with van der Waals surface area (Å²) in [6.45, 7) is 10.1. The molecule has 3 fully saturated rings. The van der Waals surface area contributed by atoms with Crippen LogP contribution in [0, 0.1) is 17.3 Å². The molecule has 2 heteroatoms. The molecule has 0 aromatic rings. The minimum absolute atomic E-state index is 0.648.